The molecule has 2 unspecified atom stereocenters. The van der Waals surface area contributed by atoms with Crippen molar-refractivity contribution < 1.29 is 19.7 Å². The number of nitrogens with one attached hydrogen (secondary N) is 1. The van der Waals surface area contributed by atoms with Crippen LogP contribution in [0, 0.1) is 5.92 Å². The average molecular weight is 244 g/mol. The molecule has 0 aromatic rings. The molecule has 0 bridgehead atoms. The predicted molar refractivity (Wildman–Crippen MR) is 57.7 cm³/mol. The number of amides is 1. The third-order valence-corrected chi connectivity index (χ3v) is 2.81. The minimum absolute atomic E-state index is 0.0264. The molecule has 0 radical (unpaired) electrons. The largest absolute Gasteiger partial charge is 0.390 e. The van der Waals surface area contributed by atoms with Crippen LogP contribution in [0.2, 0.25) is 0 Å². The highest BCUT2D eigenvalue weighted by molar-refractivity contribution is 5.73. The first-order chi connectivity index (χ1) is 7.97. The fraction of sp³-hybridized carbons (Fsp3) is 0.889. The summed E-state index contributed by atoms with van der Waals surface area (Å²) >= 11 is 0. The van der Waals surface area contributed by atoms with Gasteiger partial charge in [-0.1, -0.05) is 12.0 Å². The minimum atomic E-state index is -1.32. The smallest absolute Gasteiger partial charge is 0.217 e. The van der Waals surface area contributed by atoms with E-state index in [0.717, 1.165) is 0 Å². The Morgan fingerprint density at radius 3 is 2.76 bits per heavy atom. The highest BCUT2D eigenvalue weighted by atomic mass is 16.6. The lowest BCUT2D eigenvalue weighted by molar-refractivity contribution is -0.225. The van der Waals surface area contributed by atoms with Crippen molar-refractivity contribution in [2.24, 2.45) is 11.0 Å². The predicted octanol–water partition coefficient (Wildman–Crippen LogP) is -0.484. The lowest BCUT2D eigenvalue weighted by Crippen LogP contribution is -2.60. The number of rotatable bonds is 3. The van der Waals surface area contributed by atoms with Crippen LogP contribution in [0.25, 0.3) is 10.4 Å². The highest BCUT2D eigenvalue weighted by Gasteiger charge is 2.42. The maximum absolute atomic E-state index is 10.9. The van der Waals surface area contributed by atoms with Gasteiger partial charge in [0.2, 0.25) is 5.91 Å². The normalized spacial score (nSPS) is 37.1. The Morgan fingerprint density at radius 1 is 1.59 bits per heavy atom. The van der Waals surface area contributed by atoms with E-state index in [0.29, 0.717) is 0 Å². The van der Waals surface area contributed by atoms with Gasteiger partial charge >= 0.3 is 0 Å². The van der Waals surface area contributed by atoms with Crippen LogP contribution in [0.1, 0.15) is 13.8 Å². The summed E-state index contributed by atoms with van der Waals surface area (Å²) in [4.78, 5) is 13.5. The Labute approximate surface area is 98.2 Å². The Bertz CT molecular complexity index is 331. The van der Waals surface area contributed by atoms with Gasteiger partial charge in [0.1, 0.15) is 6.04 Å². The maximum atomic E-state index is 10.9. The summed E-state index contributed by atoms with van der Waals surface area (Å²) in [6.07, 6.45) is -2.84. The molecule has 8 heteroatoms. The second-order valence-corrected chi connectivity index (χ2v) is 4.05. The second-order valence-electron chi connectivity index (χ2n) is 4.05. The van der Waals surface area contributed by atoms with Gasteiger partial charge in [-0.2, -0.15) is 0 Å². The molecule has 0 aromatic carbocycles. The molecule has 0 aromatic heterocycles. The Kier molecular flexibility index (Phi) is 4.71. The number of hydrogen-bond donors (Lipinski definition) is 3. The van der Waals surface area contributed by atoms with E-state index in [-0.39, 0.29) is 18.4 Å². The molecule has 1 saturated heterocycles. The maximum Gasteiger partial charge on any atom is 0.217 e. The molecule has 0 spiro atoms. The zero-order chi connectivity index (χ0) is 13.0. The number of ether oxygens (including phenoxy) is 1. The SMILES string of the molecule is CC(=O)N[C@H]1C(O)OC(CN=[N+]=[N-])[C@H](C)[C@@H]1O. The molecule has 1 rings (SSSR count). The van der Waals surface area contributed by atoms with E-state index in [4.69, 9.17) is 10.3 Å². The van der Waals surface area contributed by atoms with Crippen molar-refractivity contribution >= 4 is 5.91 Å². The zero-order valence-corrected chi connectivity index (χ0v) is 9.65. The monoisotopic (exact) mass is 244 g/mol. The van der Waals surface area contributed by atoms with Gasteiger partial charge in [-0.3, -0.25) is 4.79 Å². The molecule has 8 nitrogen and oxygen atoms in total. The highest BCUT2D eigenvalue weighted by Crippen LogP contribution is 2.25. The van der Waals surface area contributed by atoms with Gasteiger partial charge in [0.15, 0.2) is 6.29 Å². The van der Waals surface area contributed by atoms with Crippen molar-refractivity contribution in [1.29, 1.82) is 0 Å². The molecule has 1 aliphatic heterocycles. The molecule has 1 fully saturated rings. The molecule has 17 heavy (non-hydrogen) atoms. The van der Waals surface area contributed by atoms with E-state index in [9.17, 15) is 15.0 Å². The van der Waals surface area contributed by atoms with E-state index >= 15 is 0 Å². The van der Waals surface area contributed by atoms with E-state index in [1.54, 1.807) is 6.92 Å². The molecule has 5 atom stereocenters. The summed E-state index contributed by atoms with van der Waals surface area (Å²) in [7, 11) is 0. The lowest BCUT2D eigenvalue weighted by atomic mass is 9.89. The number of nitrogens with zero attached hydrogens (tertiary/aromatic N) is 3. The van der Waals surface area contributed by atoms with Crippen molar-refractivity contribution in [2.75, 3.05) is 6.54 Å². The van der Waals surface area contributed by atoms with Crippen LogP contribution >= 0.6 is 0 Å². The second kappa shape index (κ2) is 5.83. The third kappa shape index (κ3) is 3.31. The topological polar surface area (TPSA) is 128 Å². The fourth-order valence-corrected chi connectivity index (χ4v) is 1.82. The van der Waals surface area contributed by atoms with Gasteiger partial charge in [-0.15, -0.1) is 0 Å². The Morgan fingerprint density at radius 2 is 2.24 bits per heavy atom. The van der Waals surface area contributed by atoms with Crippen molar-refractivity contribution in [3.8, 4) is 0 Å². The summed E-state index contributed by atoms with van der Waals surface area (Å²) in [6, 6.07) is -0.871. The Hall–Kier alpha value is -1.34. The molecule has 0 aliphatic carbocycles. The number of azide groups is 1. The van der Waals surface area contributed by atoms with Gasteiger partial charge in [-0.05, 0) is 5.53 Å². The molecule has 3 N–H and O–H groups in total. The molecule has 0 saturated carbocycles. The van der Waals surface area contributed by atoms with Gasteiger partial charge in [0.25, 0.3) is 0 Å². The Balaban J connectivity index is 2.71. The van der Waals surface area contributed by atoms with Crippen LogP contribution in [0.4, 0.5) is 0 Å². The first kappa shape index (κ1) is 13.7. The number of hydrogen-bond acceptors (Lipinski definition) is 5. The number of aliphatic hydroxyl groups excluding tert-OH is 2. The van der Waals surface area contributed by atoms with Gasteiger partial charge in [0, 0.05) is 17.8 Å². The zero-order valence-electron chi connectivity index (χ0n) is 9.65. The first-order valence-corrected chi connectivity index (χ1v) is 5.27. The first-order valence-electron chi connectivity index (χ1n) is 5.27. The van der Waals surface area contributed by atoms with Crippen molar-refractivity contribution in [3.63, 3.8) is 0 Å². The molecule has 1 amide bonds. The summed E-state index contributed by atoms with van der Waals surface area (Å²) < 4.78 is 5.20. The molecular formula is C9H16N4O4. The summed E-state index contributed by atoms with van der Waals surface area (Å²) in [5, 5.41) is 25.3. The van der Waals surface area contributed by atoms with Crippen molar-refractivity contribution in [1.82, 2.24) is 5.32 Å². The average Bonchev–Trinajstić information content (AvgIpc) is 2.27. The summed E-state index contributed by atoms with van der Waals surface area (Å²) in [5.74, 6) is -0.724. The minimum Gasteiger partial charge on any atom is -0.390 e. The van der Waals surface area contributed by atoms with Crippen LogP contribution in [0.3, 0.4) is 0 Å². The molecule has 96 valence electrons. The standard InChI is InChI=1S/C9H16N4O4/c1-4-6(3-11-13-10)17-9(16)7(8(4)15)12-5(2)14/h4,6-9,15-16H,3H2,1-2H3,(H,12,14)/t4-,6?,7+,8-,9?/m0/s1. The summed E-state index contributed by atoms with van der Waals surface area (Å²) in [5.41, 5.74) is 8.21. The molecular weight excluding hydrogens is 228 g/mol. The van der Waals surface area contributed by atoms with Gasteiger partial charge < -0.3 is 20.3 Å². The fourth-order valence-electron chi connectivity index (χ4n) is 1.82. The van der Waals surface area contributed by atoms with Crippen LogP contribution in [0.15, 0.2) is 5.11 Å². The van der Waals surface area contributed by atoms with E-state index in [1.807, 2.05) is 0 Å². The molecule has 1 aliphatic rings. The quantitative estimate of drug-likeness (QED) is 0.351. The van der Waals surface area contributed by atoms with Gasteiger partial charge in [0.05, 0.1) is 18.8 Å². The third-order valence-electron chi connectivity index (χ3n) is 2.81. The van der Waals surface area contributed by atoms with Crippen molar-refractivity contribution in [3.05, 3.63) is 10.4 Å². The van der Waals surface area contributed by atoms with Crippen molar-refractivity contribution in [2.45, 2.75) is 38.4 Å². The number of aliphatic hydroxyl groups is 2. The number of carbonyl (C=O) groups excluding carboxylic acids is 1. The lowest BCUT2D eigenvalue weighted by Gasteiger charge is -2.41. The van der Waals surface area contributed by atoms with E-state index in [1.165, 1.54) is 6.92 Å². The number of carbonyl (C=O) groups is 1. The van der Waals surface area contributed by atoms with E-state index < -0.39 is 24.5 Å². The van der Waals surface area contributed by atoms with Crippen LogP contribution in [-0.2, 0) is 9.53 Å². The van der Waals surface area contributed by atoms with E-state index in [2.05, 4.69) is 15.3 Å². The molecule has 1 heterocycles. The van der Waals surface area contributed by atoms with Gasteiger partial charge in [-0.25, -0.2) is 0 Å². The summed E-state index contributed by atoms with van der Waals surface area (Å²) in [6.45, 7) is 3.01. The van der Waals surface area contributed by atoms with Crippen LogP contribution in [0.5, 0.6) is 0 Å². The van der Waals surface area contributed by atoms with Crippen LogP contribution in [-0.4, -0.2) is 47.2 Å². The van der Waals surface area contributed by atoms with Crippen LogP contribution < -0.4 is 5.32 Å².